The van der Waals surface area contributed by atoms with E-state index in [4.69, 9.17) is 8.00 Å². The average Bonchev–Trinajstić information content (AvgIpc) is 2.41. The van der Waals surface area contributed by atoms with Crippen molar-refractivity contribution in [1.82, 2.24) is 10.6 Å². The fraction of sp³-hybridized carbons (Fsp3) is 0.438. The van der Waals surface area contributed by atoms with E-state index in [0.29, 0.717) is 0 Å². The fourth-order valence-corrected chi connectivity index (χ4v) is 3.39. The number of hydrogen-bond donors (Lipinski definition) is 2. The van der Waals surface area contributed by atoms with Crippen LogP contribution in [0, 0.1) is 22.2 Å². The second kappa shape index (κ2) is 5.23. The van der Waals surface area contributed by atoms with Crippen LogP contribution in [0.3, 0.4) is 0 Å². The highest BCUT2D eigenvalue weighted by atomic mass is 19.4. The van der Waals surface area contributed by atoms with Gasteiger partial charge in [0, 0.05) is 6.50 Å². The van der Waals surface area contributed by atoms with Crippen LogP contribution in [-0.2, 0) is 11.3 Å². The second-order valence-electron chi connectivity index (χ2n) is 6.31. The minimum Gasteiger partial charge on any atom is -0.334 e. The molecule has 3 amide bonds. The number of hydrogen-bond acceptors (Lipinski definition) is 3. The van der Waals surface area contributed by atoms with Crippen LogP contribution < -0.4 is 10.6 Å². The molecule has 0 saturated heterocycles. The molecule has 3 aliphatic rings. The largest absolute Gasteiger partial charge is 0.394 e. The SMILES string of the molecule is [2H]C([2H])(NC(=O)NC(=O)C12CC(C(F)(F)F)(C1)C2)c1cccc(C#N)c1. The van der Waals surface area contributed by atoms with E-state index in [1.807, 2.05) is 16.7 Å². The Morgan fingerprint density at radius 2 is 2.00 bits per heavy atom. The van der Waals surface area contributed by atoms with Crippen molar-refractivity contribution in [2.45, 2.75) is 31.9 Å². The third-order valence-corrected chi connectivity index (χ3v) is 4.65. The Bertz CT molecular complexity index is 813. The van der Waals surface area contributed by atoms with Crippen LogP contribution in [0.25, 0.3) is 0 Å². The van der Waals surface area contributed by atoms with Gasteiger partial charge in [-0.3, -0.25) is 10.1 Å². The smallest absolute Gasteiger partial charge is 0.334 e. The third-order valence-electron chi connectivity index (χ3n) is 4.65. The van der Waals surface area contributed by atoms with Gasteiger partial charge >= 0.3 is 12.2 Å². The fourth-order valence-electron chi connectivity index (χ4n) is 3.39. The lowest BCUT2D eigenvalue weighted by Gasteiger charge is -2.68. The molecular formula is C16H14F3N3O2. The molecule has 0 atom stereocenters. The maximum Gasteiger partial charge on any atom is 0.394 e. The molecule has 5 nitrogen and oxygen atoms in total. The minimum atomic E-state index is -4.36. The molecule has 0 radical (unpaired) electrons. The molecule has 4 rings (SSSR count). The summed E-state index contributed by atoms with van der Waals surface area (Å²) in [5, 5.41) is 12.7. The zero-order valence-corrected chi connectivity index (χ0v) is 12.3. The first-order chi connectivity index (χ1) is 11.9. The summed E-state index contributed by atoms with van der Waals surface area (Å²) in [6.45, 7) is -2.37. The summed E-state index contributed by atoms with van der Waals surface area (Å²) in [6, 6.07) is 6.20. The van der Waals surface area contributed by atoms with Crippen LogP contribution in [0.15, 0.2) is 24.3 Å². The topological polar surface area (TPSA) is 82.0 Å². The van der Waals surface area contributed by atoms with Crippen LogP contribution in [0.4, 0.5) is 18.0 Å². The van der Waals surface area contributed by atoms with E-state index in [9.17, 15) is 22.8 Å². The summed E-state index contributed by atoms with van der Waals surface area (Å²) in [5.74, 6) is -0.831. The van der Waals surface area contributed by atoms with Crippen molar-refractivity contribution >= 4 is 11.9 Å². The number of nitrogens with one attached hydrogen (secondary N) is 2. The molecule has 1 aromatic carbocycles. The maximum absolute atomic E-state index is 12.8. The number of carbonyl (C=O) groups is 2. The van der Waals surface area contributed by atoms with Crippen molar-refractivity contribution in [2.24, 2.45) is 10.8 Å². The van der Waals surface area contributed by atoms with E-state index in [2.05, 4.69) is 0 Å². The molecular weight excluding hydrogens is 323 g/mol. The Morgan fingerprint density at radius 1 is 1.33 bits per heavy atom. The van der Waals surface area contributed by atoms with Crippen LogP contribution in [0.5, 0.6) is 0 Å². The molecule has 3 saturated carbocycles. The van der Waals surface area contributed by atoms with Gasteiger partial charge in [0.15, 0.2) is 0 Å². The summed E-state index contributed by atoms with van der Waals surface area (Å²) < 4.78 is 54.2. The van der Waals surface area contributed by atoms with Crippen LogP contribution in [0.1, 0.15) is 33.1 Å². The zero-order valence-electron chi connectivity index (χ0n) is 14.3. The number of carbonyl (C=O) groups excluding carboxylic acids is 2. The van der Waals surface area contributed by atoms with Gasteiger partial charge in [-0.2, -0.15) is 18.4 Å². The Kier molecular flexibility index (Phi) is 3.01. The van der Waals surface area contributed by atoms with E-state index in [1.54, 1.807) is 0 Å². The lowest BCUT2D eigenvalue weighted by molar-refractivity contribution is -0.350. The molecule has 8 heteroatoms. The standard InChI is InChI=1S/C16H14F3N3O2/c17-16(18,19)15-7-14(8-15,9-15)12(23)22-13(24)21-6-11-3-1-2-10(4-11)5-20/h1-4H,6-9H2,(H2,21,22,23,24)/i6D2. The van der Waals surface area contributed by atoms with Gasteiger partial charge in [0.1, 0.15) is 0 Å². The molecule has 0 spiro atoms. The maximum atomic E-state index is 12.8. The number of rotatable bonds is 3. The molecule has 0 heterocycles. The Hall–Kier alpha value is -2.56. The number of nitrogens with zero attached hydrogens (tertiary/aromatic N) is 1. The summed E-state index contributed by atoms with van der Waals surface area (Å²) in [7, 11) is 0. The molecule has 0 unspecified atom stereocenters. The lowest BCUT2D eigenvalue weighted by atomic mass is 9.34. The van der Waals surface area contributed by atoms with Gasteiger partial charge in [0.2, 0.25) is 5.91 Å². The second-order valence-corrected chi connectivity index (χ2v) is 6.31. The number of nitriles is 1. The molecule has 126 valence electrons. The van der Waals surface area contributed by atoms with Gasteiger partial charge in [-0.1, -0.05) is 12.1 Å². The Balaban J connectivity index is 1.60. The summed E-state index contributed by atoms with van der Waals surface area (Å²) in [4.78, 5) is 24.0. The van der Waals surface area contributed by atoms with Crippen molar-refractivity contribution in [3.8, 4) is 6.07 Å². The van der Waals surface area contributed by atoms with E-state index >= 15 is 0 Å². The highest BCUT2D eigenvalue weighted by molar-refractivity contribution is 5.99. The summed E-state index contributed by atoms with van der Waals surface area (Å²) in [5.41, 5.74) is -2.82. The summed E-state index contributed by atoms with van der Waals surface area (Å²) in [6.07, 6.45) is -5.40. The van der Waals surface area contributed by atoms with Crippen molar-refractivity contribution in [3.63, 3.8) is 0 Å². The molecule has 0 aliphatic heterocycles. The minimum absolute atomic E-state index is 0.000638. The zero-order chi connectivity index (χ0) is 19.4. The number of amides is 3. The normalized spacial score (nSPS) is 29.1. The van der Waals surface area contributed by atoms with E-state index in [1.165, 1.54) is 24.3 Å². The first-order valence-electron chi connectivity index (χ1n) is 8.14. The van der Waals surface area contributed by atoms with Gasteiger partial charge in [0.25, 0.3) is 0 Å². The van der Waals surface area contributed by atoms with Crippen molar-refractivity contribution in [1.29, 1.82) is 5.26 Å². The molecule has 3 aliphatic carbocycles. The van der Waals surface area contributed by atoms with Gasteiger partial charge in [-0.25, -0.2) is 4.79 Å². The first kappa shape index (κ1) is 13.8. The molecule has 3 fully saturated rings. The van der Waals surface area contributed by atoms with Gasteiger partial charge < -0.3 is 5.32 Å². The van der Waals surface area contributed by atoms with Gasteiger partial charge in [0.05, 0.1) is 25.2 Å². The first-order valence-corrected chi connectivity index (χ1v) is 7.14. The van der Waals surface area contributed by atoms with Crippen LogP contribution >= 0.6 is 0 Å². The van der Waals surface area contributed by atoms with Gasteiger partial charge in [-0.05, 0) is 37.0 Å². The molecule has 2 N–H and O–H groups in total. The Morgan fingerprint density at radius 3 is 2.58 bits per heavy atom. The van der Waals surface area contributed by atoms with E-state index in [-0.39, 0.29) is 30.4 Å². The number of alkyl halides is 3. The van der Waals surface area contributed by atoms with E-state index in [0.717, 1.165) is 0 Å². The highest BCUT2D eigenvalue weighted by Crippen LogP contribution is 2.78. The third kappa shape index (κ3) is 2.50. The molecule has 0 aromatic heterocycles. The quantitative estimate of drug-likeness (QED) is 0.888. The predicted octanol–water partition coefficient (Wildman–Crippen LogP) is 2.62. The number of benzene rings is 1. The van der Waals surface area contributed by atoms with E-state index < -0.39 is 35.4 Å². The van der Waals surface area contributed by atoms with Crippen molar-refractivity contribution in [3.05, 3.63) is 35.4 Å². The molecule has 2 bridgehead atoms. The molecule has 24 heavy (non-hydrogen) atoms. The highest BCUT2D eigenvalue weighted by Gasteiger charge is 2.81. The van der Waals surface area contributed by atoms with Crippen molar-refractivity contribution < 1.29 is 25.5 Å². The van der Waals surface area contributed by atoms with Crippen LogP contribution in [0.2, 0.25) is 0 Å². The molecule has 1 aromatic rings. The predicted molar refractivity (Wildman–Crippen MR) is 76.3 cm³/mol. The number of urea groups is 1. The number of halogens is 3. The monoisotopic (exact) mass is 339 g/mol. The number of imide groups is 1. The lowest BCUT2D eigenvalue weighted by Crippen LogP contribution is -2.73. The average molecular weight is 339 g/mol. The van der Waals surface area contributed by atoms with Crippen molar-refractivity contribution in [2.75, 3.05) is 0 Å². The van der Waals surface area contributed by atoms with Crippen LogP contribution in [-0.4, -0.2) is 18.1 Å². The Labute approximate surface area is 138 Å². The summed E-state index contributed by atoms with van der Waals surface area (Å²) >= 11 is 0. The van der Waals surface area contributed by atoms with Gasteiger partial charge in [-0.15, -0.1) is 0 Å².